The van der Waals surface area contributed by atoms with Gasteiger partial charge in [-0.05, 0) is 66.3 Å². The van der Waals surface area contributed by atoms with E-state index < -0.39 is 0 Å². The average Bonchev–Trinajstić information content (AvgIpc) is 2.74. The summed E-state index contributed by atoms with van der Waals surface area (Å²) in [4.78, 5) is 36.2. The van der Waals surface area contributed by atoms with E-state index in [4.69, 9.17) is 0 Å². The molecule has 0 saturated heterocycles. The second kappa shape index (κ2) is 20.4. The Balaban J connectivity index is 4.78. The number of carbonyl (C=O) groups is 3. The lowest BCUT2D eigenvalue weighted by Gasteiger charge is -2.23. The molecule has 0 aromatic rings. The SMILES string of the molecule is CCCCC(CC(=O)NC(CCCCNC)CC(=O)NC(CC=O)CCCNC)NC. The van der Waals surface area contributed by atoms with Crippen molar-refractivity contribution in [3.05, 3.63) is 0 Å². The van der Waals surface area contributed by atoms with Gasteiger partial charge in [-0.15, -0.1) is 0 Å². The van der Waals surface area contributed by atoms with E-state index in [1.165, 1.54) is 0 Å². The van der Waals surface area contributed by atoms with Crippen LogP contribution in [0.2, 0.25) is 0 Å². The van der Waals surface area contributed by atoms with Crippen molar-refractivity contribution in [1.82, 2.24) is 26.6 Å². The van der Waals surface area contributed by atoms with E-state index in [0.29, 0.717) is 12.8 Å². The van der Waals surface area contributed by atoms with Gasteiger partial charge in [-0.2, -0.15) is 0 Å². The molecule has 3 unspecified atom stereocenters. The van der Waals surface area contributed by atoms with Crippen molar-refractivity contribution in [2.24, 2.45) is 0 Å². The van der Waals surface area contributed by atoms with E-state index >= 15 is 0 Å². The maximum atomic E-state index is 12.6. The minimum absolute atomic E-state index is 0.0136. The summed E-state index contributed by atoms with van der Waals surface area (Å²) in [6.45, 7) is 3.90. The largest absolute Gasteiger partial charge is 0.353 e. The molecule has 31 heavy (non-hydrogen) atoms. The number of nitrogens with one attached hydrogen (secondary N) is 5. The fourth-order valence-electron chi connectivity index (χ4n) is 3.63. The maximum absolute atomic E-state index is 12.6. The molecule has 0 aromatic carbocycles. The second-order valence-corrected chi connectivity index (χ2v) is 8.31. The van der Waals surface area contributed by atoms with Gasteiger partial charge in [-0.1, -0.05) is 26.2 Å². The highest BCUT2D eigenvalue weighted by Gasteiger charge is 2.20. The lowest BCUT2D eigenvalue weighted by Crippen LogP contribution is -2.43. The summed E-state index contributed by atoms with van der Waals surface area (Å²) >= 11 is 0. The third-order valence-corrected chi connectivity index (χ3v) is 5.50. The predicted octanol–water partition coefficient (Wildman–Crippen LogP) is 1.49. The molecule has 0 aliphatic rings. The van der Waals surface area contributed by atoms with Crippen LogP contribution in [-0.4, -0.2) is 70.5 Å². The molecule has 3 atom stereocenters. The minimum Gasteiger partial charge on any atom is -0.353 e. The first-order chi connectivity index (χ1) is 15.0. The van der Waals surface area contributed by atoms with Crippen LogP contribution in [0.15, 0.2) is 0 Å². The van der Waals surface area contributed by atoms with Crippen molar-refractivity contribution < 1.29 is 14.4 Å². The molecule has 0 spiro atoms. The third kappa shape index (κ3) is 16.8. The van der Waals surface area contributed by atoms with Crippen LogP contribution >= 0.6 is 0 Å². The monoisotopic (exact) mass is 441 g/mol. The van der Waals surface area contributed by atoms with E-state index in [-0.39, 0.29) is 36.4 Å². The topological polar surface area (TPSA) is 111 Å². The highest BCUT2D eigenvalue weighted by Crippen LogP contribution is 2.09. The summed E-state index contributed by atoms with van der Waals surface area (Å²) in [5.74, 6) is -0.119. The van der Waals surface area contributed by atoms with Gasteiger partial charge in [0.15, 0.2) is 0 Å². The molecule has 0 aliphatic carbocycles. The summed E-state index contributed by atoms with van der Waals surface area (Å²) in [5, 5.41) is 15.5. The number of unbranched alkanes of at least 4 members (excludes halogenated alkanes) is 2. The highest BCUT2D eigenvalue weighted by molar-refractivity contribution is 5.80. The van der Waals surface area contributed by atoms with Crippen LogP contribution in [0.3, 0.4) is 0 Å². The minimum atomic E-state index is -0.192. The first-order valence-corrected chi connectivity index (χ1v) is 12.0. The summed E-state index contributed by atoms with van der Waals surface area (Å²) in [7, 11) is 5.69. The third-order valence-electron chi connectivity index (χ3n) is 5.50. The Hall–Kier alpha value is -1.51. The predicted molar refractivity (Wildman–Crippen MR) is 127 cm³/mol. The van der Waals surface area contributed by atoms with E-state index in [9.17, 15) is 14.4 Å². The molecule has 0 aliphatic heterocycles. The lowest BCUT2D eigenvalue weighted by atomic mass is 10.0. The molecular weight excluding hydrogens is 394 g/mol. The van der Waals surface area contributed by atoms with Crippen LogP contribution < -0.4 is 26.6 Å². The number of amides is 2. The van der Waals surface area contributed by atoms with Gasteiger partial charge < -0.3 is 31.4 Å². The van der Waals surface area contributed by atoms with E-state index in [0.717, 1.165) is 70.7 Å². The van der Waals surface area contributed by atoms with E-state index in [2.05, 4.69) is 33.5 Å². The van der Waals surface area contributed by atoms with Gasteiger partial charge in [0, 0.05) is 37.4 Å². The molecule has 2 amide bonds. The molecule has 5 N–H and O–H groups in total. The Bertz CT molecular complexity index is 476. The van der Waals surface area contributed by atoms with Gasteiger partial charge in [0.2, 0.25) is 11.8 Å². The molecule has 0 rings (SSSR count). The van der Waals surface area contributed by atoms with Gasteiger partial charge >= 0.3 is 0 Å². The standard InChI is InChI=1S/C23H47N5O3/c1-5-6-10-20(26-4)17-22(30)28-21(11-7-8-14-24-2)18-23(31)27-19(13-16-29)12-9-15-25-3/h16,19-21,24-26H,5-15,17-18H2,1-4H3,(H,27,31)(H,28,30). The first-order valence-electron chi connectivity index (χ1n) is 12.0. The zero-order chi connectivity index (χ0) is 23.3. The van der Waals surface area contributed by atoms with E-state index in [1.54, 1.807) is 0 Å². The number of aldehydes is 1. The fourth-order valence-corrected chi connectivity index (χ4v) is 3.63. The van der Waals surface area contributed by atoms with Crippen LogP contribution in [-0.2, 0) is 14.4 Å². The Morgan fingerprint density at radius 2 is 1.29 bits per heavy atom. The van der Waals surface area contributed by atoms with E-state index in [1.807, 2.05) is 21.1 Å². The Morgan fingerprint density at radius 1 is 0.742 bits per heavy atom. The van der Waals surface area contributed by atoms with Crippen molar-refractivity contribution in [3.8, 4) is 0 Å². The molecule has 182 valence electrons. The van der Waals surface area contributed by atoms with Crippen molar-refractivity contribution in [1.29, 1.82) is 0 Å². The highest BCUT2D eigenvalue weighted by atomic mass is 16.2. The van der Waals surface area contributed by atoms with Gasteiger partial charge in [0.1, 0.15) is 6.29 Å². The second-order valence-electron chi connectivity index (χ2n) is 8.31. The number of hydrogen-bond acceptors (Lipinski definition) is 6. The van der Waals surface area contributed by atoms with Crippen molar-refractivity contribution in [3.63, 3.8) is 0 Å². The fraction of sp³-hybridized carbons (Fsp3) is 0.870. The molecule has 0 fully saturated rings. The van der Waals surface area contributed by atoms with Crippen LogP contribution in [0.4, 0.5) is 0 Å². The number of hydrogen-bond donors (Lipinski definition) is 5. The van der Waals surface area contributed by atoms with Crippen molar-refractivity contribution in [2.45, 2.75) is 95.7 Å². The first kappa shape index (κ1) is 29.5. The molecule has 8 heteroatoms. The van der Waals surface area contributed by atoms with Crippen LogP contribution in [0.1, 0.15) is 77.6 Å². The summed E-state index contributed by atoms with van der Waals surface area (Å²) in [5.41, 5.74) is 0. The molecule has 8 nitrogen and oxygen atoms in total. The average molecular weight is 442 g/mol. The zero-order valence-corrected chi connectivity index (χ0v) is 20.2. The smallest absolute Gasteiger partial charge is 0.222 e. The molecule has 0 saturated carbocycles. The molecular formula is C23H47N5O3. The van der Waals surface area contributed by atoms with Crippen LogP contribution in [0.5, 0.6) is 0 Å². The molecule has 0 heterocycles. The Kier molecular flexibility index (Phi) is 19.4. The quantitative estimate of drug-likeness (QED) is 0.136. The van der Waals surface area contributed by atoms with Gasteiger partial charge in [0.05, 0.1) is 0 Å². The van der Waals surface area contributed by atoms with Crippen molar-refractivity contribution >= 4 is 18.1 Å². The van der Waals surface area contributed by atoms with Crippen LogP contribution in [0.25, 0.3) is 0 Å². The molecule has 0 bridgehead atoms. The van der Waals surface area contributed by atoms with Gasteiger partial charge in [0.25, 0.3) is 0 Å². The zero-order valence-electron chi connectivity index (χ0n) is 20.2. The maximum Gasteiger partial charge on any atom is 0.222 e. The summed E-state index contributed by atoms with van der Waals surface area (Å²) in [6.07, 6.45) is 9.33. The molecule has 0 radical (unpaired) electrons. The molecule has 0 aromatic heterocycles. The van der Waals surface area contributed by atoms with Crippen molar-refractivity contribution in [2.75, 3.05) is 34.2 Å². The summed E-state index contributed by atoms with van der Waals surface area (Å²) < 4.78 is 0. The number of carbonyl (C=O) groups excluding carboxylic acids is 3. The normalized spacial score (nSPS) is 13.9. The number of rotatable bonds is 21. The van der Waals surface area contributed by atoms with Gasteiger partial charge in [-0.25, -0.2) is 0 Å². The van der Waals surface area contributed by atoms with Crippen LogP contribution in [0, 0.1) is 0 Å². The Morgan fingerprint density at radius 3 is 1.87 bits per heavy atom. The lowest BCUT2D eigenvalue weighted by molar-refractivity contribution is -0.124. The Labute approximate surface area is 189 Å². The summed E-state index contributed by atoms with van der Waals surface area (Å²) in [6, 6.07) is -0.188. The van der Waals surface area contributed by atoms with Gasteiger partial charge in [-0.3, -0.25) is 9.59 Å².